The number of anilines is 1. The zero-order chi connectivity index (χ0) is 14.0. The van der Waals surface area contributed by atoms with Crippen LogP contribution >= 0.6 is 15.9 Å². The summed E-state index contributed by atoms with van der Waals surface area (Å²) in [5.41, 5.74) is 3.23. The van der Waals surface area contributed by atoms with Crippen molar-refractivity contribution in [2.75, 3.05) is 5.32 Å². The van der Waals surface area contributed by atoms with Gasteiger partial charge in [-0.25, -0.2) is 4.39 Å². The Labute approximate surface area is 119 Å². The van der Waals surface area contributed by atoms with E-state index in [0.717, 1.165) is 11.1 Å². The van der Waals surface area contributed by atoms with Crippen molar-refractivity contribution in [1.29, 1.82) is 0 Å². The van der Waals surface area contributed by atoms with Gasteiger partial charge in [0.2, 0.25) is 0 Å². The van der Waals surface area contributed by atoms with E-state index in [9.17, 15) is 9.18 Å². The summed E-state index contributed by atoms with van der Waals surface area (Å²) in [7, 11) is 0. The molecule has 0 heterocycles. The van der Waals surface area contributed by atoms with Crippen molar-refractivity contribution >= 4 is 27.5 Å². The molecule has 4 heteroatoms. The second kappa shape index (κ2) is 5.53. The van der Waals surface area contributed by atoms with Crippen molar-refractivity contribution in [1.82, 2.24) is 0 Å². The minimum atomic E-state index is -0.451. The van der Waals surface area contributed by atoms with Crippen LogP contribution in [0.4, 0.5) is 10.1 Å². The van der Waals surface area contributed by atoms with Gasteiger partial charge in [-0.1, -0.05) is 12.1 Å². The lowest BCUT2D eigenvalue weighted by molar-refractivity contribution is 0.102. The molecule has 0 atom stereocenters. The zero-order valence-electron chi connectivity index (χ0n) is 10.6. The highest BCUT2D eigenvalue weighted by atomic mass is 79.9. The lowest BCUT2D eigenvalue weighted by Crippen LogP contribution is -2.13. The van der Waals surface area contributed by atoms with E-state index < -0.39 is 5.82 Å². The van der Waals surface area contributed by atoms with E-state index in [-0.39, 0.29) is 15.9 Å². The van der Waals surface area contributed by atoms with Crippen LogP contribution in [0.15, 0.2) is 40.9 Å². The average molecular weight is 322 g/mol. The topological polar surface area (TPSA) is 29.1 Å². The smallest absolute Gasteiger partial charge is 0.256 e. The number of benzene rings is 2. The van der Waals surface area contributed by atoms with Gasteiger partial charge in [-0.2, -0.15) is 0 Å². The molecule has 0 spiro atoms. The molecule has 2 aromatic carbocycles. The summed E-state index contributed by atoms with van der Waals surface area (Å²) >= 11 is 3.08. The van der Waals surface area contributed by atoms with Crippen LogP contribution in [0.1, 0.15) is 21.5 Å². The molecule has 1 N–H and O–H groups in total. The highest BCUT2D eigenvalue weighted by Gasteiger charge is 2.13. The normalized spacial score (nSPS) is 10.3. The maximum Gasteiger partial charge on any atom is 0.256 e. The Kier molecular flexibility index (Phi) is 4.00. The molecule has 0 bridgehead atoms. The van der Waals surface area contributed by atoms with Crippen LogP contribution in [0.3, 0.4) is 0 Å². The number of amides is 1. The monoisotopic (exact) mass is 321 g/mol. The van der Waals surface area contributed by atoms with E-state index in [1.165, 1.54) is 12.1 Å². The van der Waals surface area contributed by atoms with Crippen molar-refractivity contribution < 1.29 is 9.18 Å². The van der Waals surface area contributed by atoms with Gasteiger partial charge in [0.25, 0.3) is 5.91 Å². The first-order valence-electron chi connectivity index (χ1n) is 5.81. The Morgan fingerprint density at radius 3 is 2.58 bits per heavy atom. The minimum Gasteiger partial charge on any atom is -0.322 e. The predicted molar refractivity (Wildman–Crippen MR) is 78.0 cm³/mol. The fraction of sp³-hybridized carbons (Fsp3) is 0.133. The molecule has 2 aromatic rings. The SMILES string of the molecule is Cc1ccc(NC(=O)c2cccc(F)c2Br)cc1C. The third-order valence-corrected chi connectivity index (χ3v) is 3.77. The van der Waals surface area contributed by atoms with Crippen LogP contribution in [0.2, 0.25) is 0 Å². The van der Waals surface area contributed by atoms with Gasteiger partial charge in [0.15, 0.2) is 0 Å². The van der Waals surface area contributed by atoms with E-state index >= 15 is 0 Å². The Balaban J connectivity index is 2.26. The Morgan fingerprint density at radius 2 is 1.89 bits per heavy atom. The molecule has 2 rings (SSSR count). The molecule has 19 heavy (non-hydrogen) atoms. The van der Waals surface area contributed by atoms with Crippen molar-refractivity contribution in [2.24, 2.45) is 0 Å². The van der Waals surface area contributed by atoms with Crippen LogP contribution in [-0.4, -0.2) is 5.91 Å². The average Bonchev–Trinajstić information content (AvgIpc) is 2.37. The summed E-state index contributed by atoms with van der Waals surface area (Å²) in [5.74, 6) is -0.789. The van der Waals surface area contributed by atoms with Crippen molar-refractivity contribution in [3.63, 3.8) is 0 Å². The first kappa shape index (κ1) is 13.7. The lowest BCUT2D eigenvalue weighted by atomic mass is 10.1. The third-order valence-electron chi connectivity index (χ3n) is 2.96. The summed E-state index contributed by atoms with van der Waals surface area (Å²) in [6, 6.07) is 10.0. The third kappa shape index (κ3) is 3.01. The quantitative estimate of drug-likeness (QED) is 0.869. The Hall–Kier alpha value is -1.68. The fourth-order valence-corrected chi connectivity index (χ4v) is 2.14. The fourth-order valence-electron chi connectivity index (χ4n) is 1.70. The highest BCUT2D eigenvalue weighted by molar-refractivity contribution is 9.10. The number of aryl methyl sites for hydroxylation is 2. The Bertz CT molecular complexity index is 640. The summed E-state index contributed by atoms with van der Waals surface area (Å²) in [6.07, 6.45) is 0. The largest absolute Gasteiger partial charge is 0.322 e. The lowest BCUT2D eigenvalue weighted by Gasteiger charge is -2.09. The van der Waals surface area contributed by atoms with E-state index in [4.69, 9.17) is 0 Å². The number of halogens is 2. The first-order valence-corrected chi connectivity index (χ1v) is 6.61. The highest BCUT2D eigenvalue weighted by Crippen LogP contribution is 2.22. The maximum absolute atomic E-state index is 13.4. The summed E-state index contributed by atoms with van der Waals surface area (Å²) in [5, 5.41) is 2.76. The van der Waals surface area contributed by atoms with Crippen LogP contribution in [-0.2, 0) is 0 Å². The number of rotatable bonds is 2. The first-order chi connectivity index (χ1) is 8.99. The number of nitrogens with one attached hydrogen (secondary N) is 1. The molecule has 1 amide bonds. The molecular formula is C15H13BrFNO. The number of carbonyl (C=O) groups excluding carboxylic acids is 1. The van der Waals surface area contributed by atoms with Crippen molar-refractivity contribution in [3.05, 3.63) is 63.4 Å². The molecule has 0 aliphatic rings. The van der Waals surface area contributed by atoms with Crippen LogP contribution in [0, 0.1) is 19.7 Å². The Morgan fingerprint density at radius 1 is 1.16 bits per heavy atom. The molecule has 0 saturated carbocycles. The van der Waals surface area contributed by atoms with Crippen LogP contribution in [0.5, 0.6) is 0 Å². The molecule has 0 unspecified atom stereocenters. The van der Waals surface area contributed by atoms with Gasteiger partial charge in [-0.15, -0.1) is 0 Å². The zero-order valence-corrected chi connectivity index (χ0v) is 12.2. The van der Waals surface area contributed by atoms with E-state index in [1.807, 2.05) is 32.0 Å². The summed E-state index contributed by atoms with van der Waals surface area (Å²) in [6.45, 7) is 3.98. The molecule has 2 nitrogen and oxygen atoms in total. The maximum atomic E-state index is 13.4. The van der Waals surface area contributed by atoms with Crippen molar-refractivity contribution in [2.45, 2.75) is 13.8 Å². The van der Waals surface area contributed by atoms with Gasteiger partial charge in [0.05, 0.1) is 10.0 Å². The number of hydrogen-bond acceptors (Lipinski definition) is 1. The summed E-state index contributed by atoms with van der Waals surface area (Å²) < 4.78 is 13.5. The molecular weight excluding hydrogens is 309 g/mol. The molecule has 0 aromatic heterocycles. The standard InChI is InChI=1S/C15H13BrFNO/c1-9-6-7-11(8-10(9)2)18-15(19)12-4-3-5-13(17)14(12)16/h3-8H,1-2H3,(H,18,19). The van der Waals surface area contributed by atoms with Crippen molar-refractivity contribution in [3.8, 4) is 0 Å². The number of hydrogen-bond donors (Lipinski definition) is 1. The van der Waals surface area contributed by atoms with Gasteiger partial charge < -0.3 is 5.32 Å². The van der Waals surface area contributed by atoms with E-state index in [2.05, 4.69) is 21.2 Å². The minimum absolute atomic E-state index is 0.177. The van der Waals surface area contributed by atoms with Gasteiger partial charge >= 0.3 is 0 Å². The molecule has 0 saturated heterocycles. The molecule has 0 fully saturated rings. The second-order valence-electron chi connectivity index (χ2n) is 4.35. The van der Waals surface area contributed by atoms with Crippen LogP contribution in [0.25, 0.3) is 0 Å². The second-order valence-corrected chi connectivity index (χ2v) is 5.15. The molecule has 0 aliphatic heterocycles. The van der Waals surface area contributed by atoms with Gasteiger partial charge in [0.1, 0.15) is 5.82 Å². The van der Waals surface area contributed by atoms with E-state index in [0.29, 0.717) is 5.69 Å². The van der Waals surface area contributed by atoms with Crippen LogP contribution < -0.4 is 5.32 Å². The van der Waals surface area contributed by atoms with Gasteiger partial charge in [-0.05, 0) is 65.2 Å². The summed E-state index contributed by atoms with van der Waals surface area (Å²) in [4.78, 5) is 12.1. The molecule has 98 valence electrons. The molecule has 0 radical (unpaired) electrons. The predicted octanol–water partition coefficient (Wildman–Crippen LogP) is 4.46. The van der Waals surface area contributed by atoms with E-state index in [1.54, 1.807) is 6.07 Å². The molecule has 0 aliphatic carbocycles. The number of carbonyl (C=O) groups is 1. The van der Waals surface area contributed by atoms with Gasteiger partial charge in [-0.3, -0.25) is 4.79 Å². The van der Waals surface area contributed by atoms with Gasteiger partial charge in [0, 0.05) is 5.69 Å².